The SMILES string of the molecule is O=C(O)c1cc(Br)ccc1N1CC2(CCCC2)C1. The molecule has 0 bridgehead atoms. The van der Waals surface area contributed by atoms with Crippen LogP contribution in [0.5, 0.6) is 0 Å². The maximum atomic E-state index is 11.3. The Kier molecular flexibility index (Phi) is 2.85. The molecule has 1 aromatic carbocycles. The summed E-state index contributed by atoms with van der Waals surface area (Å²) in [6.45, 7) is 2.05. The number of carboxylic acids is 1. The smallest absolute Gasteiger partial charge is 0.337 e. The molecule has 0 aromatic heterocycles. The van der Waals surface area contributed by atoms with Gasteiger partial charge in [0.25, 0.3) is 0 Å². The van der Waals surface area contributed by atoms with Gasteiger partial charge in [-0.3, -0.25) is 0 Å². The molecule has 0 atom stereocenters. The summed E-state index contributed by atoms with van der Waals surface area (Å²) in [4.78, 5) is 13.5. The largest absolute Gasteiger partial charge is 0.478 e. The lowest BCUT2D eigenvalue weighted by atomic mass is 9.78. The van der Waals surface area contributed by atoms with E-state index in [-0.39, 0.29) is 0 Å². The monoisotopic (exact) mass is 309 g/mol. The van der Waals surface area contributed by atoms with Crippen LogP contribution in [0.25, 0.3) is 0 Å². The van der Waals surface area contributed by atoms with Gasteiger partial charge in [0.05, 0.1) is 11.3 Å². The zero-order valence-corrected chi connectivity index (χ0v) is 11.7. The molecule has 18 heavy (non-hydrogen) atoms. The van der Waals surface area contributed by atoms with Gasteiger partial charge in [-0.2, -0.15) is 0 Å². The number of benzene rings is 1. The molecule has 2 fully saturated rings. The summed E-state index contributed by atoms with van der Waals surface area (Å²) in [5.41, 5.74) is 1.75. The number of anilines is 1. The predicted octanol–water partition coefficient (Wildman–Crippen LogP) is 3.53. The fourth-order valence-corrected chi connectivity index (χ4v) is 3.69. The van der Waals surface area contributed by atoms with E-state index in [0.29, 0.717) is 11.0 Å². The van der Waals surface area contributed by atoms with E-state index in [1.807, 2.05) is 12.1 Å². The van der Waals surface area contributed by atoms with Crippen molar-refractivity contribution in [3.8, 4) is 0 Å². The van der Waals surface area contributed by atoms with Crippen molar-refractivity contribution in [2.45, 2.75) is 25.7 Å². The molecule has 1 aliphatic heterocycles. The highest BCUT2D eigenvalue weighted by molar-refractivity contribution is 9.10. The minimum absolute atomic E-state index is 0.400. The maximum Gasteiger partial charge on any atom is 0.337 e. The van der Waals surface area contributed by atoms with E-state index in [1.165, 1.54) is 25.7 Å². The summed E-state index contributed by atoms with van der Waals surface area (Å²) in [6.07, 6.45) is 5.28. The van der Waals surface area contributed by atoms with Gasteiger partial charge in [-0.1, -0.05) is 28.8 Å². The van der Waals surface area contributed by atoms with Crippen LogP contribution in [0, 0.1) is 5.41 Å². The zero-order valence-electron chi connectivity index (χ0n) is 10.2. The standard InChI is InChI=1S/C14H16BrNO2/c15-10-3-4-12(11(7-10)13(17)18)16-8-14(9-16)5-1-2-6-14/h3-4,7H,1-2,5-6,8-9H2,(H,17,18). The summed E-state index contributed by atoms with van der Waals surface area (Å²) in [6, 6.07) is 5.52. The number of carboxylic acid groups (broad SMARTS) is 1. The summed E-state index contributed by atoms with van der Waals surface area (Å²) in [5, 5.41) is 9.27. The first kappa shape index (κ1) is 12.0. The number of hydrogen-bond donors (Lipinski definition) is 1. The quantitative estimate of drug-likeness (QED) is 0.908. The summed E-state index contributed by atoms with van der Waals surface area (Å²) in [5.74, 6) is -0.848. The van der Waals surface area contributed by atoms with Gasteiger partial charge in [-0.15, -0.1) is 0 Å². The molecule has 1 heterocycles. The Hall–Kier alpha value is -1.03. The highest BCUT2D eigenvalue weighted by Crippen LogP contribution is 2.47. The van der Waals surface area contributed by atoms with Crippen molar-refractivity contribution in [1.29, 1.82) is 0 Å². The van der Waals surface area contributed by atoms with E-state index >= 15 is 0 Å². The second-order valence-corrected chi connectivity index (χ2v) is 6.45. The zero-order chi connectivity index (χ0) is 12.8. The van der Waals surface area contributed by atoms with Gasteiger partial charge in [0.15, 0.2) is 0 Å². The van der Waals surface area contributed by atoms with Crippen LogP contribution in [0.1, 0.15) is 36.0 Å². The minimum Gasteiger partial charge on any atom is -0.478 e. The Morgan fingerprint density at radius 3 is 2.56 bits per heavy atom. The second kappa shape index (κ2) is 4.26. The highest BCUT2D eigenvalue weighted by Gasteiger charge is 2.45. The Bertz CT molecular complexity index is 487. The van der Waals surface area contributed by atoms with Crippen molar-refractivity contribution < 1.29 is 9.90 Å². The molecular weight excluding hydrogens is 294 g/mol. The predicted molar refractivity (Wildman–Crippen MR) is 74.2 cm³/mol. The third-order valence-corrected chi connectivity index (χ3v) is 4.74. The van der Waals surface area contributed by atoms with E-state index in [4.69, 9.17) is 0 Å². The molecule has 1 saturated heterocycles. The molecule has 3 rings (SSSR count). The van der Waals surface area contributed by atoms with Crippen molar-refractivity contribution in [2.24, 2.45) is 5.41 Å². The van der Waals surface area contributed by atoms with E-state index in [1.54, 1.807) is 6.07 Å². The van der Waals surface area contributed by atoms with Gasteiger partial charge in [0.2, 0.25) is 0 Å². The number of nitrogens with zero attached hydrogens (tertiary/aromatic N) is 1. The van der Waals surface area contributed by atoms with Gasteiger partial charge in [-0.05, 0) is 31.0 Å². The number of carbonyl (C=O) groups is 1. The Morgan fingerprint density at radius 1 is 1.28 bits per heavy atom. The highest BCUT2D eigenvalue weighted by atomic mass is 79.9. The Labute approximate surface area is 115 Å². The minimum atomic E-state index is -0.848. The lowest BCUT2D eigenvalue weighted by Gasteiger charge is -2.50. The second-order valence-electron chi connectivity index (χ2n) is 5.53. The van der Waals surface area contributed by atoms with Crippen LogP contribution in [-0.4, -0.2) is 24.2 Å². The number of hydrogen-bond acceptors (Lipinski definition) is 2. The molecule has 0 amide bonds. The Morgan fingerprint density at radius 2 is 1.94 bits per heavy atom. The molecule has 1 N–H and O–H groups in total. The van der Waals surface area contributed by atoms with Crippen molar-refractivity contribution in [1.82, 2.24) is 0 Å². The topological polar surface area (TPSA) is 40.5 Å². The van der Waals surface area contributed by atoms with Crippen LogP contribution in [0.15, 0.2) is 22.7 Å². The normalized spacial score (nSPS) is 21.1. The van der Waals surface area contributed by atoms with Crippen molar-refractivity contribution >= 4 is 27.6 Å². The van der Waals surface area contributed by atoms with E-state index in [9.17, 15) is 9.90 Å². The molecule has 1 aromatic rings. The number of rotatable bonds is 2. The fraction of sp³-hybridized carbons (Fsp3) is 0.500. The molecule has 3 nitrogen and oxygen atoms in total. The van der Waals surface area contributed by atoms with E-state index in [0.717, 1.165) is 23.2 Å². The summed E-state index contributed by atoms with van der Waals surface area (Å²) in [7, 11) is 0. The van der Waals surface area contributed by atoms with Gasteiger partial charge >= 0.3 is 5.97 Å². The first-order chi connectivity index (χ1) is 8.60. The summed E-state index contributed by atoms with van der Waals surface area (Å²) >= 11 is 3.33. The lowest BCUT2D eigenvalue weighted by molar-refractivity contribution is 0.0696. The summed E-state index contributed by atoms with van der Waals surface area (Å²) < 4.78 is 0.819. The molecular formula is C14H16BrNO2. The third kappa shape index (κ3) is 1.92. The van der Waals surface area contributed by atoms with Crippen LogP contribution < -0.4 is 4.90 Å². The average molecular weight is 310 g/mol. The lowest BCUT2D eigenvalue weighted by Crippen LogP contribution is -2.55. The third-order valence-electron chi connectivity index (χ3n) is 4.25. The van der Waals surface area contributed by atoms with Crippen molar-refractivity contribution in [3.05, 3.63) is 28.2 Å². The molecule has 4 heteroatoms. The number of aromatic carboxylic acids is 1. The number of halogens is 1. The van der Waals surface area contributed by atoms with Crippen LogP contribution >= 0.6 is 15.9 Å². The molecule has 2 aliphatic rings. The first-order valence-electron chi connectivity index (χ1n) is 6.38. The first-order valence-corrected chi connectivity index (χ1v) is 7.17. The maximum absolute atomic E-state index is 11.3. The molecule has 1 spiro atoms. The van der Waals surface area contributed by atoms with Crippen LogP contribution in [0.4, 0.5) is 5.69 Å². The van der Waals surface area contributed by atoms with Crippen LogP contribution in [-0.2, 0) is 0 Å². The average Bonchev–Trinajstić information content (AvgIpc) is 2.76. The van der Waals surface area contributed by atoms with Gasteiger partial charge < -0.3 is 10.0 Å². The van der Waals surface area contributed by atoms with Crippen LogP contribution in [0.2, 0.25) is 0 Å². The Balaban J connectivity index is 1.83. The molecule has 0 unspecified atom stereocenters. The van der Waals surface area contributed by atoms with Gasteiger partial charge in [0.1, 0.15) is 0 Å². The van der Waals surface area contributed by atoms with Crippen molar-refractivity contribution in [3.63, 3.8) is 0 Å². The van der Waals surface area contributed by atoms with Gasteiger partial charge in [0, 0.05) is 23.0 Å². The van der Waals surface area contributed by atoms with E-state index < -0.39 is 5.97 Å². The van der Waals surface area contributed by atoms with Crippen molar-refractivity contribution in [2.75, 3.05) is 18.0 Å². The van der Waals surface area contributed by atoms with E-state index in [2.05, 4.69) is 20.8 Å². The fourth-order valence-electron chi connectivity index (χ4n) is 3.33. The molecule has 1 aliphatic carbocycles. The molecule has 1 saturated carbocycles. The van der Waals surface area contributed by atoms with Gasteiger partial charge in [-0.25, -0.2) is 4.79 Å². The van der Waals surface area contributed by atoms with Crippen LogP contribution in [0.3, 0.4) is 0 Å². The molecule has 96 valence electrons. The molecule has 0 radical (unpaired) electrons.